The first kappa shape index (κ1) is 14.4. The number of fused-ring (bicyclic) bond motifs is 1. The van der Waals surface area contributed by atoms with E-state index in [9.17, 15) is 5.11 Å². The molecule has 3 unspecified atom stereocenters. The molecule has 1 saturated carbocycles. The molecule has 1 aromatic carbocycles. The van der Waals surface area contributed by atoms with Crippen LogP contribution in [0.25, 0.3) is 0 Å². The Morgan fingerprint density at radius 3 is 2.75 bits per heavy atom. The predicted molar refractivity (Wildman–Crippen MR) is 85.3 cm³/mol. The minimum absolute atomic E-state index is 0.370. The lowest BCUT2D eigenvalue weighted by atomic mass is 9.79. The van der Waals surface area contributed by atoms with E-state index >= 15 is 0 Å². The van der Waals surface area contributed by atoms with Crippen molar-refractivity contribution in [1.29, 1.82) is 0 Å². The highest BCUT2D eigenvalue weighted by Gasteiger charge is 2.26. The number of aliphatic hydroxyl groups excluding tert-OH is 1. The Kier molecular flexibility index (Phi) is 5.03. The highest BCUT2D eigenvalue weighted by atomic mass is 32.2. The highest BCUT2D eigenvalue weighted by Crippen LogP contribution is 2.39. The minimum atomic E-state index is 0.370. The molecule has 1 aliphatic heterocycles. The number of hydrogen-bond acceptors (Lipinski definition) is 3. The normalized spacial score (nSPS) is 29.4. The van der Waals surface area contributed by atoms with E-state index in [2.05, 4.69) is 29.6 Å². The summed E-state index contributed by atoms with van der Waals surface area (Å²) >= 11 is 1.99. The third-order valence-electron chi connectivity index (χ3n) is 4.90. The fourth-order valence-corrected chi connectivity index (χ4v) is 4.89. The Morgan fingerprint density at radius 1 is 1.10 bits per heavy atom. The predicted octanol–water partition coefficient (Wildman–Crippen LogP) is 3.26. The van der Waals surface area contributed by atoms with Crippen LogP contribution in [0, 0.1) is 11.8 Å². The van der Waals surface area contributed by atoms with Gasteiger partial charge in [-0.3, -0.25) is 0 Å². The summed E-state index contributed by atoms with van der Waals surface area (Å²) in [6.45, 7) is 2.53. The molecular formula is C17H25NOS. The van der Waals surface area contributed by atoms with Crippen LogP contribution in [0.4, 0.5) is 0 Å². The summed E-state index contributed by atoms with van der Waals surface area (Å²) in [5.74, 6) is 3.08. The summed E-state index contributed by atoms with van der Waals surface area (Å²) in [5.41, 5.74) is 1.52. The van der Waals surface area contributed by atoms with Crippen molar-refractivity contribution in [3.8, 4) is 0 Å². The van der Waals surface area contributed by atoms with Gasteiger partial charge in [0.1, 0.15) is 0 Å². The quantitative estimate of drug-likeness (QED) is 0.873. The molecule has 3 heteroatoms. The number of thioether (sulfide) groups is 1. The Hall–Kier alpha value is -0.510. The van der Waals surface area contributed by atoms with Gasteiger partial charge in [-0.15, -0.1) is 11.8 Å². The topological polar surface area (TPSA) is 32.3 Å². The first-order chi connectivity index (χ1) is 9.88. The van der Waals surface area contributed by atoms with Crippen LogP contribution >= 0.6 is 11.8 Å². The summed E-state index contributed by atoms with van der Waals surface area (Å²) in [6.07, 6.45) is 5.14. The van der Waals surface area contributed by atoms with Crippen molar-refractivity contribution < 1.29 is 5.11 Å². The van der Waals surface area contributed by atoms with Gasteiger partial charge in [0.2, 0.25) is 0 Å². The second-order valence-electron chi connectivity index (χ2n) is 6.19. The molecule has 3 atom stereocenters. The monoisotopic (exact) mass is 291 g/mol. The largest absolute Gasteiger partial charge is 0.396 e. The zero-order chi connectivity index (χ0) is 13.8. The summed E-state index contributed by atoms with van der Waals surface area (Å²) < 4.78 is 0. The Balaban J connectivity index is 1.48. The molecule has 3 rings (SSSR count). The standard InChI is InChI=1S/C17H25NOS/c19-11-14-6-2-1-5-13(14)9-18-10-15-12-20-17-8-4-3-7-16(15)17/h3-4,7-8,13-15,18-19H,1-2,5-6,9-12H2. The zero-order valence-electron chi connectivity index (χ0n) is 12.1. The van der Waals surface area contributed by atoms with Crippen molar-refractivity contribution >= 4 is 11.8 Å². The van der Waals surface area contributed by atoms with Crippen LogP contribution in [-0.2, 0) is 0 Å². The van der Waals surface area contributed by atoms with Crippen molar-refractivity contribution in [2.24, 2.45) is 11.8 Å². The van der Waals surface area contributed by atoms with Gasteiger partial charge < -0.3 is 10.4 Å². The summed E-state index contributed by atoms with van der Waals surface area (Å²) in [4.78, 5) is 1.46. The van der Waals surface area contributed by atoms with Gasteiger partial charge in [0, 0.05) is 29.7 Å². The lowest BCUT2D eigenvalue weighted by Gasteiger charge is -2.30. The van der Waals surface area contributed by atoms with Crippen molar-refractivity contribution in [2.45, 2.75) is 36.5 Å². The molecular weight excluding hydrogens is 266 g/mol. The van der Waals surface area contributed by atoms with Gasteiger partial charge in [-0.05, 0) is 42.9 Å². The number of nitrogens with one attached hydrogen (secondary N) is 1. The van der Waals surface area contributed by atoms with Gasteiger partial charge in [-0.2, -0.15) is 0 Å². The van der Waals surface area contributed by atoms with E-state index in [1.807, 2.05) is 11.8 Å². The molecule has 2 aliphatic rings. The summed E-state index contributed by atoms with van der Waals surface area (Å²) in [5, 5.41) is 13.1. The SMILES string of the molecule is OCC1CCCCC1CNCC1CSc2ccccc21. The first-order valence-corrected chi connectivity index (χ1v) is 8.90. The molecule has 1 fully saturated rings. The Labute approximate surface area is 126 Å². The smallest absolute Gasteiger partial charge is 0.0462 e. The maximum atomic E-state index is 9.47. The zero-order valence-corrected chi connectivity index (χ0v) is 12.9. The fourth-order valence-electron chi connectivity index (χ4n) is 3.63. The molecule has 2 N–H and O–H groups in total. The second-order valence-corrected chi connectivity index (χ2v) is 7.25. The molecule has 0 radical (unpaired) electrons. The fraction of sp³-hybridized carbons (Fsp3) is 0.647. The summed E-state index contributed by atoms with van der Waals surface area (Å²) in [7, 11) is 0. The van der Waals surface area contributed by atoms with Crippen LogP contribution < -0.4 is 5.32 Å². The second kappa shape index (κ2) is 6.97. The third-order valence-corrected chi connectivity index (χ3v) is 6.15. The molecule has 20 heavy (non-hydrogen) atoms. The first-order valence-electron chi connectivity index (χ1n) is 7.91. The average molecular weight is 291 g/mol. The number of rotatable bonds is 5. The van der Waals surface area contributed by atoms with E-state index in [4.69, 9.17) is 0 Å². The minimum Gasteiger partial charge on any atom is -0.396 e. The van der Waals surface area contributed by atoms with Crippen LogP contribution in [-0.4, -0.2) is 30.6 Å². The lowest BCUT2D eigenvalue weighted by molar-refractivity contribution is 0.133. The van der Waals surface area contributed by atoms with E-state index in [0.29, 0.717) is 24.4 Å². The molecule has 0 spiro atoms. The highest BCUT2D eigenvalue weighted by molar-refractivity contribution is 7.99. The van der Waals surface area contributed by atoms with Crippen LogP contribution in [0.15, 0.2) is 29.2 Å². The van der Waals surface area contributed by atoms with E-state index < -0.39 is 0 Å². The van der Waals surface area contributed by atoms with Crippen molar-refractivity contribution in [3.05, 3.63) is 29.8 Å². The number of hydrogen-bond donors (Lipinski definition) is 2. The Bertz CT molecular complexity index is 437. The molecule has 0 aromatic heterocycles. The van der Waals surface area contributed by atoms with Crippen molar-refractivity contribution in [3.63, 3.8) is 0 Å². The summed E-state index contributed by atoms with van der Waals surface area (Å²) in [6, 6.07) is 8.80. The van der Waals surface area contributed by atoms with E-state index in [1.165, 1.54) is 41.9 Å². The van der Waals surface area contributed by atoms with Gasteiger partial charge in [-0.1, -0.05) is 31.0 Å². The maximum absolute atomic E-state index is 9.47. The molecule has 1 aromatic rings. The van der Waals surface area contributed by atoms with Crippen LogP contribution in [0.1, 0.15) is 37.2 Å². The molecule has 110 valence electrons. The Morgan fingerprint density at radius 2 is 1.90 bits per heavy atom. The van der Waals surface area contributed by atoms with Gasteiger partial charge in [0.15, 0.2) is 0 Å². The lowest BCUT2D eigenvalue weighted by Crippen LogP contribution is -2.34. The van der Waals surface area contributed by atoms with Gasteiger partial charge in [0.25, 0.3) is 0 Å². The van der Waals surface area contributed by atoms with E-state index in [0.717, 1.165) is 13.1 Å². The van der Waals surface area contributed by atoms with Crippen LogP contribution in [0.2, 0.25) is 0 Å². The maximum Gasteiger partial charge on any atom is 0.0462 e. The van der Waals surface area contributed by atoms with Crippen LogP contribution in [0.3, 0.4) is 0 Å². The number of aliphatic hydroxyl groups is 1. The van der Waals surface area contributed by atoms with Crippen LogP contribution in [0.5, 0.6) is 0 Å². The molecule has 0 bridgehead atoms. The van der Waals surface area contributed by atoms with Gasteiger partial charge in [0.05, 0.1) is 0 Å². The molecule has 0 amide bonds. The molecule has 1 heterocycles. The molecule has 1 aliphatic carbocycles. The van der Waals surface area contributed by atoms with Crippen molar-refractivity contribution in [1.82, 2.24) is 5.32 Å². The third kappa shape index (κ3) is 3.21. The van der Waals surface area contributed by atoms with Crippen molar-refractivity contribution in [2.75, 3.05) is 25.4 Å². The number of benzene rings is 1. The van der Waals surface area contributed by atoms with E-state index in [-0.39, 0.29) is 0 Å². The molecule has 2 nitrogen and oxygen atoms in total. The molecule has 0 saturated heterocycles. The van der Waals surface area contributed by atoms with E-state index in [1.54, 1.807) is 0 Å². The van der Waals surface area contributed by atoms with Gasteiger partial charge in [-0.25, -0.2) is 0 Å². The van der Waals surface area contributed by atoms with Gasteiger partial charge >= 0.3 is 0 Å². The average Bonchev–Trinajstić information content (AvgIpc) is 2.91.